The number of benzene rings is 1. The average molecular weight is 381 g/mol. The third kappa shape index (κ3) is 4.84. The van der Waals surface area contributed by atoms with Crippen molar-refractivity contribution in [3.63, 3.8) is 0 Å². The summed E-state index contributed by atoms with van der Waals surface area (Å²) in [6.07, 6.45) is 3.75. The van der Waals surface area contributed by atoms with Crippen molar-refractivity contribution in [1.29, 1.82) is 0 Å². The van der Waals surface area contributed by atoms with Crippen molar-refractivity contribution < 1.29 is 23.1 Å². The van der Waals surface area contributed by atoms with Crippen LogP contribution >= 0.6 is 0 Å². The zero-order chi connectivity index (χ0) is 19.4. The van der Waals surface area contributed by atoms with Gasteiger partial charge < -0.3 is 10.4 Å². The first-order valence-corrected chi connectivity index (χ1v) is 10.7. The van der Waals surface area contributed by atoms with E-state index in [9.17, 15) is 23.1 Å². The summed E-state index contributed by atoms with van der Waals surface area (Å²) in [6.45, 7) is 3.41. The molecule has 6 nitrogen and oxygen atoms in total. The van der Waals surface area contributed by atoms with Gasteiger partial charge in [-0.25, -0.2) is 8.42 Å². The van der Waals surface area contributed by atoms with Gasteiger partial charge in [0.05, 0.1) is 22.1 Å². The Labute approximate surface area is 154 Å². The van der Waals surface area contributed by atoms with Gasteiger partial charge in [-0.05, 0) is 43.9 Å². The van der Waals surface area contributed by atoms with Crippen molar-refractivity contribution >= 4 is 21.7 Å². The Bertz CT molecular complexity index is 757. The van der Waals surface area contributed by atoms with Gasteiger partial charge in [-0.1, -0.05) is 31.9 Å². The second kappa shape index (κ2) is 8.20. The maximum absolute atomic E-state index is 12.3. The number of carboxylic acid groups (broad SMARTS) is 1. The summed E-state index contributed by atoms with van der Waals surface area (Å²) in [7, 11) is -3.22. The lowest BCUT2D eigenvalue weighted by atomic mass is 9.74. The molecule has 7 heteroatoms. The zero-order valence-corrected chi connectivity index (χ0v) is 16.1. The molecule has 1 saturated carbocycles. The molecule has 0 saturated heterocycles. The van der Waals surface area contributed by atoms with Crippen molar-refractivity contribution in [3.8, 4) is 0 Å². The molecule has 0 radical (unpaired) electrons. The molecule has 2 atom stereocenters. The Morgan fingerprint density at radius 2 is 1.88 bits per heavy atom. The number of hydrogen-bond acceptors (Lipinski definition) is 4. The molecule has 0 aliphatic heterocycles. The average Bonchev–Trinajstić information content (AvgIpc) is 2.60. The number of carbonyl (C=O) groups is 2. The highest BCUT2D eigenvalue weighted by molar-refractivity contribution is 7.91. The number of carboxylic acids is 1. The molecule has 1 fully saturated rings. The summed E-state index contributed by atoms with van der Waals surface area (Å²) < 4.78 is 23.6. The van der Waals surface area contributed by atoms with E-state index in [1.54, 1.807) is 31.2 Å². The normalized spacial score (nSPS) is 23.4. The van der Waals surface area contributed by atoms with Crippen molar-refractivity contribution in [2.45, 2.75) is 62.8 Å². The smallest absolute Gasteiger partial charge is 0.308 e. The first kappa shape index (κ1) is 20.4. The minimum absolute atomic E-state index is 0.0537. The highest BCUT2D eigenvalue weighted by atomic mass is 32.2. The molecular formula is C19H27NO5S. The highest BCUT2D eigenvalue weighted by Crippen LogP contribution is 2.34. The molecule has 2 N–H and O–H groups in total. The first-order chi connectivity index (χ1) is 12.2. The lowest BCUT2D eigenvalue weighted by Crippen LogP contribution is -2.55. The third-order valence-electron chi connectivity index (χ3n) is 5.23. The SMILES string of the molecule is CCS(=O)(=O)c1ccc(CCC(=O)NC2(C)CCCCC2C(=O)O)cc1. The molecule has 1 aliphatic carbocycles. The van der Waals surface area contributed by atoms with Crippen LogP contribution in [0.5, 0.6) is 0 Å². The molecule has 0 heterocycles. The molecule has 1 aromatic carbocycles. The molecule has 26 heavy (non-hydrogen) atoms. The summed E-state index contributed by atoms with van der Waals surface area (Å²) in [4.78, 5) is 24.1. The van der Waals surface area contributed by atoms with Gasteiger partial charge >= 0.3 is 5.97 Å². The fraction of sp³-hybridized carbons (Fsp3) is 0.579. The van der Waals surface area contributed by atoms with Crippen LogP contribution in [0.2, 0.25) is 0 Å². The highest BCUT2D eigenvalue weighted by Gasteiger charge is 2.41. The number of aliphatic carboxylic acids is 1. The summed E-state index contributed by atoms with van der Waals surface area (Å²) in [6, 6.07) is 6.57. The minimum atomic E-state index is -3.22. The number of nitrogens with one attached hydrogen (secondary N) is 1. The topological polar surface area (TPSA) is 101 Å². The molecule has 1 aromatic rings. The Hall–Kier alpha value is -1.89. The van der Waals surface area contributed by atoms with E-state index in [4.69, 9.17) is 0 Å². The van der Waals surface area contributed by atoms with Crippen molar-refractivity contribution in [1.82, 2.24) is 5.32 Å². The lowest BCUT2D eigenvalue weighted by Gasteiger charge is -2.39. The number of aryl methyl sites for hydroxylation is 1. The predicted octanol–water partition coefficient (Wildman–Crippen LogP) is 2.56. The van der Waals surface area contributed by atoms with Gasteiger partial charge in [-0.3, -0.25) is 9.59 Å². The van der Waals surface area contributed by atoms with Crippen LogP contribution in [-0.4, -0.2) is 36.7 Å². The minimum Gasteiger partial charge on any atom is -0.481 e. The molecule has 1 aliphatic rings. The van der Waals surface area contributed by atoms with Gasteiger partial charge in [0, 0.05) is 6.42 Å². The number of carbonyl (C=O) groups excluding carboxylic acids is 1. The van der Waals surface area contributed by atoms with Gasteiger partial charge in [0.2, 0.25) is 5.91 Å². The number of rotatable bonds is 7. The Morgan fingerprint density at radius 1 is 1.23 bits per heavy atom. The van der Waals surface area contributed by atoms with Crippen molar-refractivity contribution in [3.05, 3.63) is 29.8 Å². The fourth-order valence-electron chi connectivity index (χ4n) is 3.55. The van der Waals surface area contributed by atoms with Crippen molar-refractivity contribution in [2.75, 3.05) is 5.75 Å². The van der Waals surface area contributed by atoms with Crippen LogP contribution in [0.4, 0.5) is 0 Å². The third-order valence-corrected chi connectivity index (χ3v) is 6.98. The predicted molar refractivity (Wildman–Crippen MR) is 98.6 cm³/mol. The van der Waals surface area contributed by atoms with Gasteiger partial charge in [0.15, 0.2) is 9.84 Å². The summed E-state index contributed by atoms with van der Waals surface area (Å²) in [5.74, 6) is -1.54. The second-order valence-corrected chi connectivity index (χ2v) is 9.43. The summed E-state index contributed by atoms with van der Waals surface area (Å²) in [5.41, 5.74) is 0.166. The van der Waals surface area contributed by atoms with E-state index < -0.39 is 27.3 Å². The summed E-state index contributed by atoms with van der Waals surface area (Å²) in [5, 5.41) is 12.3. The lowest BCUT2D eigenvalue weighted by molar-refractivity contribution is -0.146. The van der Waals surface area contributed by atoms with Crippen LogP contribution in [0.3, 0.4) is 0 Å². The molecule has 1 amide bonds. The standard InChI is InChI=1S/C19H27NO5S/c1-3-26(24,25)15-10-7-14(8-11-15)9-12-17(21)20-19(2)13-5-4-6-16(19)18(22)23/h7-8,10-11,16H,3-6,9,12-13H2,1-2H3,(H,20,21)(H,22,23). The first-order valence-electron chi connectivity index (χ1n) is 9.03. The Morgan fingerprint density at radius 3 is 2.46 bits per heavy atom. The van der Waals surface area contributed by atoms with Crippen LogP contribution in [0.15, 0.2) is 29.2 Å². The second-order valence-electron chi connectivity index (χ2n) is 7.15. The quantitative estimate of drug-likeness (QED) is 0.756. The Balaban J connectivity index is 1.95. The van der Waals surface area contributed by atoms with E-state index in [1.807, 2.05) is 6.92 Å². The van der Waals surface area contributed by atoms with E-state index in [0.717, 1.165) is 18.4 Å². The van der Waals surface area contributed by atoms with E-state index >= 15 is 0 Å². The Kier molecular flexibility index (Phi) is 6.44. The van der Waals surface area contributed by atoms with Crippen LogP contribution < -0.4 is 5.32 Å². The molecule has 0 aromatic heterocycles. The van der Waals surface area contributed by atoms with Crippen LogP contribution in [0.1, 0.15) is 51.5 Å². The maximum atomic E-state index is 12.3. The zero-order valence-electron chi connectivity index (χ0n) is 15.3. The van der Waals surface area contributed by atoms with E-state index in [2.05, 4.69) is 5.32 Å². The molecule has 2 unspecified atom stereocenters. The molecule has 144 valence electrons. The van der Waals surface area contributed by atoms with Crippen molar-refractivity contribution in [2.24, 2.45) is 5.92 Å². The maximum Gasteiger partial charge on any atom is 0.308 e. The molecule has 0 spiro atoms. The largest absolute Gasteiger partial charge is 0.481 e. The van der Waals surface area contributed by atoms with Gasteiger partial charge in [0.1, 0.15) is 0 Å². The number of sulfone groups is 1. The van der Waals surface area contributed by atoms with E-state index in [1.165, 1.54) is 0 Å². The van der Waals surface area contributed by atoms with E-state index in [-0.39, 0.29) is 23.0 Å². The molecule has 0 bridgehead atoms. The van der Waals surface area contributed by atoms with E-state index in [0.29, 0.717) is 19.3 Å². The monoisotopic (exact) mass is 381 g/mol. The summed E-state index contributed by atoms with van der Waals surface area (Å²) >= 11 is 0. The van der Waals surface area contributed by atoms with Gasteiger partial charge in [-0.2, -0.15) is 0 Å². The number of hydrogen-bond donors (Lipinski definition) is 2. The van der Waals surface area contributed by atoms with Gasteiger partial charge in [0.25, 0.3) is 0 Å². The van der Waals surface area contributed by atoms with Gasteiger partial charge in [-0.15, -0.1) is 0 Å². The van der Waals surface area contributed by atoms with Crippen LogP contribution in [0.25, 0.3) is 0 Å². The molecule has 2 rings (SSSR count). The van der Waals surface area contributed by atoms with Crippen LogP contribution in [0, 0.1) is 5.92 Å². The number of amides is 1. The fourth-order valence-corrected chi connectivity index (χ4v) is 4.43. The van der Waals surface area contributed by atoms with Crippen LogP contribution in [-0.2, 0) is 25.8 Å². The molecular weight excluding hydrogens is 354 g/mol.